The van der Waals surface area contributed by atoms with Crippen LogP contribution in [0.15, 0.2) is 12.2 Å². The van der Waals surface area contributed by atoms with E-state index in [1.165, 1.54) is 30.5 Å². The normalized spacial score (nSPS) is 11.9. The third-order valence-corrected chi connectivity index (χ3v) is 4.12. The third kappa shape index (κ3) is 7.32. The number of rotatable bonds is 9. The maximum Gasteiger partial charge on any atom is 0.336 e. The van der Waals surface area contributed by atoms with Crippen LogP contribution in [0.1, 0.15) is 28.2 Å². The van der Waals surface area contributed by atoms with E-state index in [9.17, 15) is 31.5 Å². The van der Waals surface area contributed by atoms with Crippen LogP contribution in [0.4, 0.5) is 22.0 Å². The summed E-state index contributed by atoms with van der Waals surface area (Å²) in [4.78, 5) is 24.6. The summed E-state index contributed by atoms with van der Waals surface area (Å²) in [6, 6.07) is -0.673. The molecule has 0 aliphatic rings. The lowest BCUT2D eigenvalue weighted by molar-refractivity contribution is -0.135. The summed E-state index contributed by atoms with van der Waals surface area (Å²) in [6.07, 6.45) is 1.87. The highest BCUT2D eigenvalue weighted by Gasteiger charge is 2.28. The Hall–Kier alpha value is -2.14. The van der Waals surface area contributed by atoms with Gasteiger partial charge in [-0.05, 0) is 12.7 Å². The summed E-state index contributed by atoms with van der Waals surface area (Å²) < 4.78 is 75.7. The molecule has 1 unspecified atom stereocenters. The zero-order chi connectivity index (χ0) is 21.4. The van der Waals surface area contributed by atoms with Crippen molar-refractivity contribution in [2.75, 3.05) is 18.4 Å². The van der Waals surface area contributed by atoms with E-state index >= 15 is 0 Å². The average molecular weight is 443 g/mol. The summed E-state index contributed by atoms with van der Waals surface area (Å²) in [7, 11) is 0. The molecule has 0 spiro atoms. The molecule has 0 radical (unpaired) electrons. The van der Waals surface area contributed by atoms with E-state index in [0.29, 0.717) is 12.0 Å². The zero-order valence-electron chi connectivity index (χ0n) is 15.2. The van der Waals surface area contributed by atoms with E-state index < -0.39 is 46.8 Å². The highest BCUT2D eigenvalue weighted by atomic mass is 32.2. The Kier molecular flexibility index (Phi) is 11.5. The Morgan fingerprint density at radius 2 is 1.59 bits per heavy atom. The van der Waals surface area contributed by atoms with Gasteiger partial charge >= 0.3 is 5.97 Å². The van der Waals surface area contributed by atoms with Gasteiger partial charge < -0.3 is 14.4 Å². The quantitative estimate of drug-likeness (QED) is 0.0828. The van der Waals surface area contributed by atoms with Gasteiger partial charge in [-0.1, -0.05) is 20.4 Å². The van der Waals surface area contributed by atoms with Crippen LogP contribution >= 0.6 is 11.8 Å². The van der Waals surface area contributed by atoms with Gasteiger partial charge in [0.1, 0.15) is 6.73 Å². The van der Waals surface area contributed by atoms with Gasteiger partial charge in [0.05, 0.1) is 5.94 Å². The summed E-state index contributed by atoms with van der Waals surface area (Å²) in [5, 5.41) is 0. The SMILES string of the molecule is C.CCSCOCN(C(C)=O)C(C)/C=C/C(=O)Oc1c(F)c(F)c(F)c(F)c1F. The maximum absolute atomic E-state index is 13.5. The molecule has 0 saturated heterocycles. The van der Waals surface area contributed by atoms with E-state index in [0.717, 1.165) is 11.8 Å². The van der Waals surface area contributed by atoms with Gasteiger partial charge in [-0.3, -0.25) is 4.79 Å². The summed E-state index contributed by atoms with van der Waals surface area (Å²) >= 11 is 1.49. The smallest absolute Gasteiger partial charge is 0.336 e. The second-order valence-electron chi connectivity index (χ2n) is 5.35. The van der Waals surface area contributed by atoms with Gasteiger partial charge in [-0.2, -0.15) is 8.78 Å². The fourth-order valence-electron chi connectivity index (χ4n) is 1.90. The van der Waals surface area contributed by atoms with Crippen molar-refractivity contribution in [1.29, 1.82) is 0 Å². The van der Waals surface area contributed by atoms with Gasteiger partial charge in [0.2, 0.25) is 40.7 Å². The molecule has 0 bridgehead atoms. The molecular formula is C18H22F5NO4S. The first kappa shape index (κ1) is 26.9. The lowest BCUT2D eigenvalue weighted by Crippen LogP contribution is -2.37. The Balaban J connectivity index is 0.00000784. The standard InChI is InChI=1S/C17H18F5NO4S.CH4/c1-4-28-8-26-7-23(10(3)24)9(2)5-6-11(25)27-17-15(21)13(19)12(18)14(20)16(17)22;/h5-6,9H,4,7-8H2,1-3H3;1H4/b6-5+;. The molecule has 1 amide bonds. The summed E-state index contributed by atoms with van der Waals surface area (Å²) in [6.45, 7) is 4.66. The van der Waals surface area contributed by atoms with E-state index in [4.69, 9.17) is 4.74 Å². The van der Waals surface area contributed by atoms with Crippen LogP contribution in [0.3, 0.4) is 0 Å². The predicted molar refractivity (Wildman–Crippen MR) is 98.7 cm³/mol. The fraction of sp³-hybridized carbons (Fsp3) is 0.444. The van der Waals surface area contributed by atoms with Crippen LogP contribution in [0.5, 0.6) is 5.75 Å². The largest absolute Gasteiger partial charge is 0.417 e. The second kappa shape index (κ2) is 12.4. The van der Waals surface area contributed by atoms with Crippen molar-refractivity contribution in [3.8, 4) is 5.75 Å². The topological polar surface area (TPSA) is 55.8 Å². The van der Waals surface area contributed by atoms with Crippen molar-refractivity contribution in [2.24, 2.45) is 0 Å². The molecule has 1 atom stereocenters. The fourth-order valence-corrected chi connectivity index (χ4v) is 2.26. The molecule has 164 valence electrons. The molecule has 0 fully saturated rings. The molecular weight excluding hydrogens is 421 g/mol. The van der Waals surface area contributed by atoms with Crippen molar-refractivity contribution in [1.82, 2.24) is 4.90 Å². The van der Waals surface area contributed by atoms with Crippen molar-refractivity contribution in [3.63, 3.8) is 0 Å². The molecule has 0 N–H and O–H groups in total. The molecule has 1 aromatic rings. The number of thioether (sulfide) groups is 1. The first-order valence-electron chi connectivity index (χ1n) is 7.95. The first-order chi connectivity index (χ1) is 13.1. The minimum absolute atomic E-state index is 0. The number of halogens is 5. The first-order valence-corrected chi connectivity index (χ1v) is 9.11. The van der Waals surface area contributed by atoms with Gasteiger partial charge in [0, 0.05) is 19.0 Å². The Labute approximate surface area is 169 Å². The van der Waals surface area contributed by atoms with E-state index in [1.54, 1.807) is 0 Å². The number of hydrogen-bond acceptors (Lipinski definition) is 5. The number of esters is 1. The Morgan fingerprint density at radius 1 is 1.07 bits per heavy atom. The molecule has 5 nitrogen and oxygen atoms in total. The molecule has 0 aromatic heterocycles. The highest BCUT2D eigenvalue weighted by Crippen LogP contribution is 2.29. The molecule has 0 heterocycles. The second-order valence-corrected chi connectivity index (χ2v) is 6.57. The van der Waals surface area contributed by atoms with Gasteiger partial charge in [-0.15, -0.1) is 11.8 Å². The Morgan fingerprint density at radius 3 is 2.07 bits per heavy atom. The number of amides is 1. The van der Waals surface area contributed by atoms with Crippen LogP contribution < -0.4 is 4.74 Å². The summed E-state index contributed by atoms with van der Waals surface area (Å²) in [5.41, 5.74) is 0. The Bertz CT molecular complexity index is 731. The lowest BCUT2D eigenvalue weighted by atomic mass is 10.2. The van der Waals surface area contributed by atoms with Crippen LogP contribution in [-0.2, 0) is 14.3 Å². The van der Waals surface area contributed by atoms with Crippen LogP contribution in [0.2, 0.25) is 0 Å². The molecule has 0 saturated carbocycles. The van der Waals surface area contributed by atoms with Crippen LogP contribution in [0.25, 0.3) is 0 Å². The zero-order valence-corrected chi connectivity index (χ0v) is 16.0. The van der Waals surface area contributed by atoms with Gasteiger partial charge in [0.25, 0.3) is 0 Å². The van der Waals surface area contributed by atoms with E-state index in [1.807, 2.05) is 6.92 Å². The number of nitrogens with zero attached hydrogens (tertiary/aromatic N) is 1. The van der Waals surface area contributed by atoms with E-state index in [2.05, 4.69) is 4.74 Å². The highest BCUT2D eigenvalue weighted by molar-refractivity contribution is 7.99. The van der Waals surface area contributed by atoms with E-state index in [-0.39, 0.29) is 20.1 Å². The number of carbonyl (C=O) groups is 2. The predicted octanol–water partition coefficient (Wildman–Crippen LogP) is 4.40. The van der Waals surface area contributed by atoms with Crippen molar-refractivity contribution in [3.05, 3.63) is 41.2 Å². The van der Waals surface area contributed by atoms with Crippen molar-refractivity contribution < 1.29 is 41.0 Å². The minimum atomic E-state index is -2.36. The monoisotopic (exact) mass is 443 g/mol. The molecule has 0 aliphatic heterocycles. The summed E-state index contributed by atoms with van der Waals surface area (Å²) in [5.74, 6) is -13.7. The number of ether oxygens (including phenoxy) is 2. The van der Waals surface area contributed by atoms with Crippen molar-refractivity contribution in [2.45, 2.75) is 34.2 Å². The minimum Gasteiger partial charge on any atom is -0.417 e. The number of benzene rings is 1. The molecule has 1 rings (SSSR count). The van der Waals surface area contributed by atoms with Crippen LogP contribution in [0, 0.1) is 29.1 Å². The average Bonchev–Trinajstić information content (AvgIpc) is 2.66. The van der Waals surface area contributed by atoms with Gasteiger partial charge in [-0.25, -0.2) is 18.0 Å². The molecule has 1 aromatic carbocycles. The number of hydrogen-bond donors (Lipinski definition) is 0. The van der Waals surface area contributed by atoms with Gasteiger partial charge in [0.15, 0.2) is 0 Å². The maximum atomic E-state index is 13.5. The number of carbonyl (C=O) groups excluding carboxylic acids is 2. The van der Waals surface area contributed by atoms with Crippen molar-refractivity contribution >= 4 is 23.6 Å². The lowest BCUT2D eigenvalue weighted by Gasteiger charge is -2.25. The third-order valence-electron chi connectivity index (χ3n) is 3.38. The molecule has 0 aliphatic carbocycles. The molecule has 29 heavy (non-hydrogen) atoms. The van der Waals surface area contributed by atoms with Crippen LogP contribution in [-0.4, -0.2) is 41.2 Å². The molecule has 11 heteroatoms.